The van der Waals surface area contributed by atoms with Crippen molar-refractivity contribution in [3.05, 3.63) is 230 Å². The molecule has 0 saturated carbocycles. The van der Waals surface area contributed by atoms with E-state index >= 15 is 0 Å². The second-order valence-corrected chi connectivity index (χ2v) is 15.0. The first kappa shape index (κ1) is 34.3. The minimum Gasteiger partial charge on any atom is -0.314 e. The van der Waals surface area contributed by atoms with Crippen molar-refractivity contribution < 1.29 is 0 Å². The van der Waals surface area contributed by atoms with Crippen LogP contribution < -0.4 is 9.80 Å². The van der Waals surface area contributed by atoms with Gasteiger partial charge in [0.05, 0.1) is 11.4 Å². The van der Waals surface area contributed by atoms with E-state index in [1.807, 2.05) is 0 Å². The SMILES string of the molecule is CC1CC(N(c2ccccc2)c2cc(-c3cc(N(c4ccccc4)c4ccccc4)c4c(ccc5ccccc54)c3)cc3ccccc23)=CC=C1c1ccccc1. The first-order valence-corrected chi connectivity index (χ1v) is 19.9. The zero-order valence-electron chi connectivity index (χ0n) is 32.0. The van der Waals surface area contributed by atoms with Gasteiger partial charge in [0.15, 0.2) is 0 Å². The highest BCUT2D eigenvalue weighted by Crippen LogP contribution is 2.47. The summed E-state index contributed by atoms with van der Waals surface area (Å²) in [6.07, 6.45) is 5.60. The van der Waals surface area contributed by atoms with Gasteiger partial charge >= 0.3 is 0 Å². The van der Waals surface area contributed by atoms with Gasteiger partial charge in [0.25, 0.3) is 0 Å². The Morgan fingerprint density at radius 2 is 0.877 bits per heavy atom. The van der Waals surface area contributed by atoms with Gasteiger partial charge in [0, 0.05) is 33.5 Å². The fourth-order valence-electron chi connectivity index (χ4n) is 8.75. The number of benzene rings is 9. The Morgan fingerprint density at radius 3 is 1.51 bits per heavy atom. The van der Waals surface area contributed by atoms with Crippen LogP contribution in [0.4, 0.5) is 28.4 Å². The van der Waals surface area contributed by atoms with Gasteiger partial charge in [-0.2, -0.15) is 0 Å². The predicted molar refractivity (Wildman–Crippen MR) is 244 cm³/mol. The van der Waals surface area contributed by atoms with E-state index in [2.05, 4.69) is 235 Å². The second-order valence-electron chi connectivity index (χ2n) is 15.0. The summed E-state index contributed by atoms with van der Waals surface area (Å²) in [5.41, 5.74) is 12.0. The van der Waals surface area contributed by atoms with Crippen LogP contribution in [0.3, 0.4) is 0 Å². The summed E-state index contributed by atoms with van der Waals surface area (Å²) in [5.74, 6) is 0.355. The van der Waals surface area contributed by atoms with Crippen LogP contribution in [0.2, 0.25) is 0 Å². The molecule has 1 atom stereocenters. The number of allylic oxidation sites excluding steroid dienone is 4. The van der Waals surface area contributed by atoms with Gasteiger partial charge in [-0.05, 0) is 123 Å². The number of hydrogen-bond donors (Lipinski definition) is 0. The summed E-state index contributed by atoms with van der Waals surface area (Å²) in [6, 6.07) is 74.9. The highest BCUT2D eigenvalue weighted by Gasteiger charge is 2.25. The molecule has 272 valence electrons. The number of para-hydroxylation sites is 3. The number of hydrogen-bond acceptors (Lipinski definition) is 2. The highest BCUT2D eigenvalue weighted by molar-refractivity contribution is 6.16. The fourth-order valence-corrected chi connectivity index (χ4v) is 8.75. The van der Waals surface area contributed by atoms with E-state index in [0.29, 0.717) is 5.92 Å². The summed E-state index contributed by atoms with van der Waals surface area (Å²) in [7, 11) is 0. The summed E-state index contributed by atoms with van der Waals surface area (Å²) >= 11 is 0. The Hall–Kier alpha value is -7.16. The molecular weight excluding hydrogens is 689 g/mol. The molecule has 0 saturated heterocycles. The van der Waals surface area contributed by atoms with E-state index in [1.54, 1.807) is 0 Å². The average Bonchev–Trinajstić information content (AvgIpc) is 3.28. The van der Waals surface area contributed by atoms with Crippen molar-refractivity contribution in [3.8, 4) is 11.1 Å². The molecule has 57 heavy (non-hydrogen) atoms. The van der Waals surface area contributed by atoms with Gasteiger partial charge < -0.3 is 9.80 Å². The van der Waals surface area contributed by atoms with Crippen molar-refractivity contribution in [2.75, 3.05) is 9.80 Å². The van der Waals surface area contributed by atoms with Gasteiger partial charge in [-0.25, -0.2) is 0 Å². The van der Waals surface area contributed by atoms with Crippen LogP contribution in [0.1, 0.15) is 18.9 Å². The molecule has 10 rings (SSSR count). The molecule has 0 aromatic heterocycles. The lowest BCUT2D eigenvalue weighted by Crippen LogP contribution is -2.21. The maximum absolute atomic E-state index is 2.50. The van der Waals surface area contributed by atoms with Crippen molar-refractivity contribution >= 4 is 66.3 Å². The zero-order valence-corrected chi connectivity index (χ0v) is 32.0. The first-order chi connectivity index (χ1) is 28.2. The lowest BCUT2D eigenvalue weighted by atomic mass is 9.86. The van der Waals surface area contributed by atoms with Crippen LogP contribution in [-0.4, -0.2) is 0 Å². The lowest BCUT2D eigenvalue weighted by molar-refractivity contribution is 0.716. The summed E-state index contributed by atoms with van der Waals surface area (Å²) < 4.78 is 0. The number of fused-ring (bicyclic) bond motifs is 4. The molecule has 0 aliphatic heterocycles. The minimum atomic E-state index is 0.355. The summed E-state index contributed by atoms with van der Waals surface area (Å²) in [4.78, 5) is 4.91. The fraction of sp³-hybridized carbons (Fsp3) is 0.0545. The van der Waals surface area contributed by atoms with Gasteiger partial charge in [0.2, 0.25) is 0 Å². The Kier molecular flexibility index (Phi) is 8.93. The maximum Gasteiger partial charge on any atom is 0.0552 e. The Balaban J connectivity index is 1.22. The molecule has 0 bridgehead atoms. The van der Waals surface area contributed by atoms with Crippen LogP contribution in [0.25, 0.3) is 49.0 Å². The smallest absolute Gasteiger partial charge is 0.0552 e. The summed E-state index contributed by atoms with van der Waals surface area (Å²) in [6.45, 7) is 2.36. The van der Waals surface area contributed by atoms with Gasteiger partial charge in [-0.1, -0.05) is 159 Å². The quantitative estimate of drug-likeness (QED) is 0.144. The molecule has 0 amide bonds. The van der Waals surface area contributed by atoms with Crippen LogP contribution in [0, 0.1) is 5.92 Å². The molecule has 1 aliphatic rings. The third-order valence-corrected chi connectivity index (χ3v) is 11.4. The number of anilines is 5. The lowest BCUT2D eigenvalue weighted by Gasteiger charge is -2.33. The molecule has 0 heterocycles. The van der Waals surface area contributed by atoms with E-state index in [4.69, 9.17) is 0 Å². The van der Waals surface area contributed by atoms with Crippen LogP contribution in [-0.2, 0) is 0 Å². The minimum absolute atomic E-state index is 0.355. The highest BCUT2D eigenvalue weighted by atomic mass is 15.2. The van der Waals surface area contributed by atoms with Crippen molar-refractivity contribution in [1.82, 2.24) is 0 Å². The van der Waals surface area contributed by atoms with Crippen molar-refractivity contribution in [2.24, 2.45) is 5.92 Å². The average molecular weight is 731 g/mol. The molecule has 0 radical (unpaired) electrons. The second kappa shape index (κ2) is 14.8. The standard InChI is InChI=1S/C55H42N2/c1-39-34-49(32-33-50(39)40-18-6-2-7-19-40)57(48-26-12-5-13-27-48)53-37-44(35-42-21-15-16-28-51(42)53)45-36-43-31-30-41-20-14-17-29-52(41)55(43)54(38-45)56(46-22-8-3-9-23-46)47-24-10-4-11-25-47/h2-33,35-39H,34H2,1H3. The molecule has 1 aliphatic carbocycles. The molecule has 0 fully saturated rings. The molecular formula is C55H42N2. The van der Waals surface area contributed by atoms with E-state index in [0.717, 1.165) is 29.2 Å². The molecule has 0 spiro atoms. The van der Waals surface area contributed by atoms with Crippen LogP contribution >= 0.6 is 0 Å². The Morgan fingerprint density at radius 1 is 0.386 bits per heavy atom. The molecule has 9 aromatic carbocycles. The van der Waals surface area contributed by atoms with Crippen molar-refractivity contribution in [2.45, 2.75) is 13.3 Å². The van der Waals surface area contributed by atoms with Gasteiger partial charge in [-0.15, -0.1) is 0 Å². The maximum atomic E-state index is 2.50. The molecule has 0 N–H and O–H groups in total. The topological polar surface area (TPSA) is 6.48 Å². The van der Waals surface area contributed by atoms with E-state index in [-0.39, 0.29) is 0 Å². The van der Waals surface area contributed by atoms with Crippen LogP contribution in [0.5, 0.6) is 0 Å². The van der Waals surface area contributed by atoms with E-state index in [9.17, 15) is 0 Å². The third-order valence-electron chi connectivity index (χ3n) is 11.4. The number of rotatable bonds is 8. The number of nitrogens with zero attached hydrogens (tertiary/aromatic N) is 2. The van der Waals surface area contributed by atoms with Crippen molar-refractivity contribution in [3.63, 3.8) is 0 Å². The third kappa shape index (κ3) is 6.46. The van der Waals surface area contributed by atoms with E-state index in [1.165, 1.54) is 66.0 Å². The normalized spacial score (nSPS) is 14.0. The molecule has 1 unspecified atom stereocenters. The Labute approximate surface area is 334 Å². The zero-order chi connectivity index (χ0) is 38.1. The predicted octanol–water partition coefficient (Wildman–Crippen LogP) is 15.4. The monoisotopic (exact) mass is 730 g/mol. The Bertz CT molecular complexity index is 2890. The van der Waals surface area contributed by atoms with Crippen LogP contribution in [0.15, 0.2) is 224 Å². The van der Waals surface area contributed by atoms with Crippen molar-refractivity contribution in [1.29, 1.82) is 0 Å². The molecule has 2 heteroatoms. The summed E-state index contributed by atoms with van der Waals surface area (Å²) in [5, 5.41) is 7.34. The van der Waals surface area contributed by atoms with E-state index < -0.39 is 0 Å². The largest absolute Gasteiger partial charge is 0.314 e. The van der Waals surface area contributed by atoms with Gasteiger partial charge in [-0.3, -0.25) is 0 Å². The molecule has 2 nitrogen and oxygen atoms in total. The molecule has 9 aromatic rings. The van der Waals surface area contributed by atoms with Gasteiger partial charge in [0.1, 0.15) is 0 Å². The first-order valence-electron chi connectivity index (χ1n) is 19.9.